The van der Waals surface area contributed by atoms with E-state index in [9.17, 15) is 14.0 Å². The van der Waals surface area contributed by atoms with Gasteiger partial charge in [0.15, 0.2) is 0 Å². The average molecular weight is 304 g/mol. The Morgan fingerprint density at radius 1 is 1.10 bits per heavy atom. The van der Waals surface area contributed by atoms with Crippen LogP contribution in [0.2, 0.25) is 5.02 Å². The van der Waals surface area contributed by atoms with Crippen molar-refractivity contribution < 1.29 is 14.0 Å². The highest BCUT2D eigenvalue weighted by molar-refractivity contribution is 6.44. The summed E-state index contributed by atoms with van der Waals surface area (Å²) in [6, 6.07) is 12.2. The van der Waals surface area contributed by atoms with Crippen LogP contribution in [0.15, 0.2) is 48.5 Å². The minimum atomic E-state index is -0.563. The normalized spacial score (nSPS) is 18.4. The molecule has 0 radical (unpaired) electrons. The molecule has 106 valence electrons. The number of carbonyl (C=O) groups excluding carboxylic acids is 2. The molecule has 1 fully saturated rings. The number of hydrogen-bond donors (Lipinski definition) is 0. The highest BCUT2D eigenvalue weighted by Gasteiger charge is 2.40. The molecule has 0 spiro atoms. The fourth-order valence-corrected chi connectivity index (χ4v) is 2.69. The maximum atomic E-state index is 13.0. The third kappa shape index (κ3) is 2.54. The Kier molecular flexibility index (Phi) is 3.47. The van der Waals surface area contributed by atoms with Gasteiger partial charge in [-0.25, -0.2) is 4.39 Å². The monoisotopic (exact) mass is 303 g/mol. The van der Waals surface area contributed by atoms with E-state index in [-0.39, 0.29) is 12.2 Å². The average Bonchev–Trinajstić information content (AvgIpc) is 2.76. The number of amides is 1. The summed E-state index contributed by atoms with van der Waals surface area (Å²) in [6.45, 7) is 0. The molecule has 1 unspecified atom stereocenters. The quantitative estimate of drug-likeness (QED) is 0.796. The van der Waals surface area contributed by atoms with Crippen LogP contribution in [0.5, 0.6) is 0 Å². The second kappa shape index (κ2) is 5.30. The molecular weight excluding hydrogens is 293 g/mol. The van der Waals surface area contributed by atoms with Gasteiger partial charge in [0.2, 0.25) is 5.78 Å². The molecule has 5 heteroatoms. The molecule has 1 atom stereocenters. The summed E-state index contributed by atoms with van der Waals surface area (Å²) in [4.78, 5) is 25.3. The number of hydrogen-bond acceptors (Lipinski definition) is 2. The van der Waals surface area contributed by atoms with Gasteiger partial charge in [-0.15, -0.1) is 0 Å². The molecule has 1 saturated heterocycles. The zero-order valence-electron chi connectivity index (χ0n) is 10.9. The van der Waals surface area contributed by atoms with E-state index in [0.717, 1.165) is 5.56 Å². The molecule has 1 aliphatic rings. The standard InChI is InChI=1S/C16H11ClFNO2/c17-11-2-1-3-13(8-11)19-14(9-15(20)16(19)21)10-4-6-12(18)7-5-10/h1-8,14H,9H2. The van der Waals surface area contributed by atoms with Crippen molar-refractivity contribution in [2.24, 2.45) is 0 Å². The van der Waals surface area contributed by atoms with E-state index in [2.05, 4.69) is 0 Å². The van der Waals surface area contributed by atoms with Crippen LogP contribution in [0, 0.1) is 5.82 Å². The van der Waals surface area contributed by atoms with Crippen molar-refractivity contribution in [1.29, 1.82) is 0 Å². The van der Waals surface area contributed by atoms with Gasteiger partial charge in [-0.2, -0.15) is 0 Å². The van der Waals surface area contributed by atoms with Gasteiger partial charge in [-0.3, -0.25) is 14.5 Å². The number of nitrogens with zero attached hydrogens (tertiary/aromatic N) is 1. The third-order valence-corrected chi connectivity index (χ3v) is 3.72. The molecule has 3 rings (SSSR count). The number of ketones is 1. The second-order valence-electron chi connectivity index (χ2n) is 4.85. The summed E-state index contributed by atoms with van der Waals surface area (Å²) in [7, 11) is 0. The third-order valence-electron chi connectivity index (χ3n) is 3.49. The number of benzene rings is 2. The fourth-order valence-electron chi connectivity index (χ4n) is 2.51. The van der Waals surface area contributed by atoms with Crippen molar-refractivity contribution in [2.75, 3.05) is 4.90 Å². The zero-order valence-corrected chi connectivity index (χ0v) is 11.7. The van der Waals surface area contributed by atoms with Crippen LogP contribution in [0.4, 0.5) is 10.1 Å². The van der Waals surface area contributed by atoms with E-state index in [1.54, 1.807) is 36.4 Å². The predicted octanol–water partition coefficient (Wildman–Crippen LogP) is 3.53. The Bertz CT molecular complexity index is 714. The lowest BCUT2D eigenvalue weighted by atomic mass is 10.0. The molecule has 3 nitrogen and oxygen atoms in total. The first-order valence-corrected chi connectivity index (χ1v) is 6.81. The molecule has 0 N–H and O–H groups in total. The zero-order chi connectivity index (χ0) is 15.0. The van der Waals surface area contributed by atoms with E-state index in [1.165, 1.54) is 17.0 Å². The Morgan fingerprint density at radius 2 is 1.81 bits per heavy atom. The molecule has 0 saturated carbocycles. The van der Waals surface area contributed by atoms with E-state index >= 15 is 0 Å². The van der Waals surface area contributed by atoms with Crippen LogP contribution in [0.1, 0.15) is 18.0 Å². The van der Waals surface area contributed by atoms with Crippen molar-refractivity contribution in [1.82, 2.24) is 0 Å². The Labute approximate surface area is 125 Å². The van der Waals surface area contributed by atoms with Crippen LogP contribution in [-0.2, 0) is 9.59 Å². The summed E-state index contributed by atoms with van der Waals surface area (Å²) in [6.07, 6.45) is 0.0803. The first kappa shape index (κ1) is 13.8. The van der Waals surface area contributed by atoms with Crippen LogP contribution in [0.3, 0.4) is 0 Å². The van der Waals surface area contributed by atoms with Crippen molar-refractivity contribution in [3.05, 3.63) is 64.9 Å². The lowest BCUT2D eigenvalue weighted by Gasteiger charge is -2.24. The van der Waals surface area contributed by atoms with E-state index in [0.29, 0.717) is 10.7 Å². The van der Waals surface area contributed by atoms with Crippen LogP contribution in [-0.4, -0.2) is 11.7 Å². The van der Waals surface area contributed by atoms with Crippen molar-refractivity contribution in [2.45, 2.75) is 12.5 Å². The highest BCUT2D eigenvalue weighted by Crippen LogP contribution is 2.36. The van der Waals surface area contributed by atoms with E-state index < -0.39 is 17.7 Å². The van der Waals surface area contributed by atoms with Crippen molar-refractivity contribution >= 4 is 29.0 Å². The molecule has 0 aromatic heterocycles. The summed E-state index contributed by atoms with van der Waals surface area (Å²) in [5.41, 5.74) is 1.28. The molecule has 0 bridgehead atoms. The number of rotatable bonds is 2. The number of carbonyl (C=O) groups is 2. The minimum Gasteiger partial charge on any atom is -0.298 e. The molecular formula is C16H11ClFNO2. The lowest BCUT2D eigenvalue weighted by molar-refractivity contribution is -0.133. The summed E-state index contributed by atoms with van der Waals surface area (Å²) in [5.74, 6) is -1.38. The molecule has 1 aliphatic heterocycles. The smallest absolute Gasteiger partial charge is 0.295 e. The fraction of sp³-hybridized carbons (Fsp3) is 0.125. The maximum absolute atomic E-state index is 13.0. The first-order chi connectivity index (χ1) is 10.1. The van der Waals surface area contributed by atoms with Crippen LogP contribution >= 0.6 is 11.6 Å². The maximum Gasteiger partial charge on any atom is 0.295 e. The SMILES string of the molecule is O=C1CC(c2ccc(F)cc2)N(c2cccc(Cl)c2)C1=O. The lowest BCUT2D eigenvalue weighted by Crippen LogP contribution is -2.29. The van der Waals surface area contributed by atoms with Crippen molar-refractivity contribution in [3.63, 3.8) is 0 Å². The number of Topliss-reactive ketones (excluding diaryl/α,β-unsaturated/α-hetero) is 1. The molecule has 1 amide bonds. The predicted molar refractivity (Wildman–Crippen MR) is 77.7 cm³/mol. The largest absolute Gasteiger partial charge is 0.298 e. The molecule has 21 heavy (non-hydrogen) atoms. The van der Waals surface area contributed by atoms with Gasteiger partial charge in [0, 0.05) is 17.1 Å². The second-order valence-corrected chi connectivity index (χ2v) is 5.29. The summed E-state index contributed by atoms with van der Waals surface area (Å²) >= 11 is 5.95. The topological polar surface area (TPSA) is 37.4 Å². The Morgan fingerprint density at radius 3 is 2.48 bits per heavy atom. The van der Waals surface area contributed by atoms with Crippen molar-refractivity contribution in [3.8, 4) is 0 Å². The number of anilines is 1. The molecule has 1 heterocycles. The molecule has 2 aromatic carbocycles. The number of halogens is 2. The van der Waals surface area contributed by atoms with Gasteiger partial charge in [0.25, 0.3) is 5.91 Å². The van der Waals surface area contributed by atoms with Gasteiger partial charge < -0.3 is 0 Å². The molecule has 0 aliphatic carbocycles. The van der Waals surface area contributed by atoms with Gasteiger partial charge in [-0.1, -0.05) is 29.8 Å². The Balaban J connectivity index is 2.04. The van der Waals surface area contributed by atoms with Crippen LogP contribution < -0.4 is 4.90 Å². The van der Waals surface area contributed by atoms with Gasteiger partial charge >= 0.3 is 0 Å². The van der Waals surface area contributed by atoms with Gasteiger partial charge in [0.05, 0.1) is 6.04 Å². The summed E-state index contributed by atoms with van der Waals surface area (Å²) < 4.78 is 13.0. The minimum absolute atomic E-state index is 0.0803. The van der Waals surface area contributed by atoms with E-state index in [4.69, 9.17) is 11.6 Å². The Hall–Kier alpha value is -2.20. The van der Waals surface area contributed by atoms with E-state index in [1.807, 2.05) is 0 Å². The first-order valence-electron chi connectivity index (χ1n) is 6.43. The van der Waals surface area contributed by atoms with Gasteiger partial charge in [-0.05, 0) is 35.9 Å². The van der Waals surface area contributed by atoms with Crippen LogP contribution in [0.25, 0.3) is 0 Å². The highest BCUT2D eigenvalue weighted by atomic mass is 35.5. The summed E-state index contributed by atoms with van der Waals surface area (Å²) in [5, 5.41) is 0.484. The van der Waals surface area contributed by atoms with Gasteiger partial charge in [0.1, 0.15) is 5.82 Å². The molecule has 2 aromatic rings.